The molecule has 0 unspecified atom stereocenters. The van der Waals surface area contributed by atoms with Gasteiger partial charge in [-0.15, -0.1) is 35.3 Å². The average Bonchev–Trinajstić information content (AvgIpc) is 3.32. The highest BCUT2D eigenvalue weighted by Gasteiger charge is 2.21. The molecule has 1 amide bonds. The molecule has 1 aromatic carbocycles. The first-order valence-electron chi connectivity index (χ1n) is 9.01. The third kappa shape index (κ3) is 5.93. The summed E-state index contributed by atoms with van der Waals surface area (Å²) in [4.78, 5) is 21.6. The molecule has 0 bridgehead atoms. The van der Waals surface area contributed by atoms with E-state index < -0.39 is 0 Å². The van der Waals surface area contributed by atoms with Crippen LogP contribution in [0.5, 0.6) is 0 Å². The van der Waals surface area contributed by atoms with Crippen LogP contribution in [0.15, 0.2) is 46.8 Å². The van der Waals surface area contributed by atoms with Gasteiger partial charge in [0, 0.05) is 50.7 Å². The Balaban J connectivity index is 0.00000261. The van der Waals surface area contributed by atoms with E-state index in [0.717, 1.165) is 37.6 Å². The largest absolute Gasteiger partial charge is 0.352 e. The van der Waals surface area contributed by atoms with Crippen LogP contribution >= 0.6 is 35.3 Å². The number of guanidine groups is 1. The number of thiophene rings is 1. The van der Waals surface area contributed by atoms with Gasteiger partial charge in [0.2, 0.25) is 5.91 Å². The number of benzene rings is 1. The summed E-state index contributed by atoms with van der Waals surface area (Å²) in [6.07, 6.45) is 2.64. The highest BCUT2D eigenvalue weighted by atomic mass is 127. The van der Waals surface area contributed by atoms with E-state index in [1.165, 1.54) is 10.4 Å². The van der Waals surface area contributed by atoms with Gasteiger partial charge in [0.25, 0.3) is 0 Å². The maximum absolute atomic E-state index is 11.8. The summed E-state index contributed by atoms with van der Waals surface area (Å²) >= 11 is 1.79. The van der Waals surface area contributed by atoms with Gasteiger partial charge >= 0.3 is 0 Å². The lowest BCUT2D eigenvalue weighted by Crippen LogP contribution is -2.39. The van der Waals surface area contributed by atoms with E-state index in [9.17, 15) is 4.79 Å². The van der Waals surface area contributed by atoms with E-state index in [2.05, 4.69) is 51.9 Å². The van der Waals surface area contributed by atoms with Crippen molar-refractivity contribution in [3.05, 3.63) is 52.2 Å². The van der Waals surface area contributed by atoms with Gasteiger partial charge in [-0.05, 0) is 42.0 Å². The Bertz CT molecular complexity index is 746. The number of aliphatic imine (C=N–C) groups is 1. The highest BCUT2D eigenvalue weighted by molar-refractivity contribution is 14.0. The molecule has 0 saturated carbocycles. The normalized spacial score (nSPS) is 14.2. The van der Waals surface area contributed by atoms with Crippen LogP contribution in [0.3, 0.4) is 0 Å². The van der Waals surface area contributed by atoms with Crippen molar-refractivity contribution in [2.75, 3.05) is 32.1 Å². The third-order valence-corrected chi connectivity index (χ3v) is 5.56. The summed E-state index contributed by atoms with van der Waals surface area (Å²) in [6.45, 7) is 2.47. The lowest BCUT2D eigenvalue weighted by molar-refractivity contribution is -0.117. The summed E-state index contributed by atoms with van der Waals surface area (Å²) in [5, 5.41) is 5.53. The summed E-state index contributed by atoms with van der Waals surface area (Å²) < 4.78 is 0. The molecule has 1 aliphatic heterocycles. The minimum atomic E-state index is 0. The first-order chi connectivity index (χ1) is 12.7. The Morgan fingerprint density at radius 3 is 2.67 bits per heavy atom. The number of amides is 1. The minimum absolute atomic E-state index is 0. The number of nitrogens with one attached hydrogen (secondary N) is 1. The van der Waals surface area contributed by atoms with Gasteiger partial charge in [-0.2, -0.15) is 0 Å². The van der Waals surface area contributed by atoms with Gasteiger partial charge < -0.3 is 15.1 Å². The van der Waals surface area contributed by atoms with Crippen LogP contribution in [-0.2, 0) is 17.8 Å². The number of hydrogen-bond acceptors (Lipinski definition) is 3. The smallest absolute Gasteiger partial charge is 0.227 e. The molecule has 5 nitrogen and oxygen atoms in total. The highest BCUT2D eigenvalue weighted by Crippen LogP contribution is 2.21. The molecule has 0 atom stereocenters. The van der Waals surface area contributed by atoms with Crippen molar-refractivity contribution < 1.29 is 4.79 Å². The fraction of sp³-hybridized carbons (Fsp3) is 0.400. The molecule has 0 radical (unpaired) electrons. The van der Waals surface area contributed by atoms with Gasteiger partial charge in [0.15, 0.2) is 5.96 Å². The van der Waals surface area contributed by atoms with Gasteiger partial charge in [-0.3, -0.25) is 9.79 Å². The Morgan fingerprint density at radius 1 is 1.30 bits per heavy atom. The average molecular weight is 498 g/mol. The third-order valence-electron chi connectivity index (χ3n) is 4.62. The molecule has 0 aliphatic carbocycles. The first kappa shape index (κ1) is 21.7. The van der Waals surface area contributed by atoms with Crippen molar-refractivity contribution in [1.82, 2.24) is 10.2 Å². The molecule has 27 heavy (non-hydrogen) atoms. The zero-order chi connectivity index (χ0) is 18.4. The van der Waals surface area contributed by atoms with E-state index >= 15 is 0 Å². The quantitative estimate of drug-likeness (QED) is 0.375. The predicted octanol–water partition coefficient (Wildman–Crippen LogP) is 3.74. The minimum Gasteiger partial charge on any atom is -0.352 e. The van der Waals surface area contributed by atoms with E-state index in [1.807, 2.05) is 24.1 Å². The van der Waals surface area contributed by atoms with E-state index in [4.69, 9.17) is 0 Å². The molecule has 1 N–H and O–H groups in total. The zero-order valence-corrected chi connectivity index (χ0v) is 19.0. The standard InChI is InChI=1S/C20H26N4OS.HI/c1-21-20(23(2)13-11-18-5-4-14-26-18)22-15-16-7-9-17(10-8-16)24-12-3-6-19(24)25;/h4-5,7-10,14H,3,6,11-13,15H2,1-2H3,(H,21,22);1H. The van der Waals surface area contributed by atoms with E-state index in [0.29, 0.717) is 13.0 Å². The van der Waals surface area contributed by atoms with Crippen LogP contribution in [0.4, 0.5) is 5.69 Å². The number of carbonyl (C=O) groups is 1. The maximum atomic E-state index is 11.8. The molecule has 2 heterocycles. The van der Waals surface area contributed by atoms with Crippen molar-refractivity contribution in [3.63, 3.8) is 0 Å². The zero-order valence-electron chi connectivity index (χ0n) is 15.9. The Kier molecular flexibility index (Phi) is 8.56. The van der Waals surface area contributed by atoms with Gasteiger partial charge in [-0.25, -0.2) is 0 Å². The molecule has 1 aliphatic rings. The van der Waals surface area contributed by atoms with Crippen LogP contribution in [0, 0.1) is 0 Å². The fourth-order valence-corrected chi connectivity index (χ4v) is 3.82. The molecule has 7 heteroatoms. The van der Waals surface area contributed by atoms with Gasteiger partial charge in [-0.1, -0.05) is 18.2 Å². The lowest BCUT2D eigenvalue weighted by Gasteiger charge is -2.22. The summed E-state index contributed by atoms with van der Waals surface area (Å²) in [5.74, 6) is 1.11. The number of anilines is 1. The predicted molar refractivity (Wildman–Crippen MR) is 124 cm³/mol. The molecule has 146 valence electrons. The van der Waals surface area contributed by atoms with Crippen molar-refractivity contribution in [1.29, 1.82) is 0 Å². The van der Waals surface area contributed by atoms with Crippen LogP contribution in [0.25, 0.3) is 0 Å². The van der Waals surface area contributed by atoms with Crippen molar-refractivity contribution in [2.24, 2.45) is 4.99 Å². The molecule has 2 aromatic rings. The number of likely N-dealkylation sites (N-methyl/N-ethyl adjacent to an activating group) is 1. The Hall–Kier alpha value is -1.61. The molecular weight excluding hydrogens is 471 g/mol. The van der Waals surface area contributed by atoms with Crippen molar-refractivity contribution >= 4 is 52.9 Å². The monoisotopic (exact) mass is 498 g/mol. The summed E-state index contributed by atoms with van der Waals surface area (Å²) in [5.41, 5.74) is 2.17. The summed E-state index contributed by atoms with van der Waals surface area (Å²) in [6, 6.07) is 12.5. The maximum Gasteiger partial charge on any atom is 0.227 e. The SMILES string of the molecule is CN=C(NCc1ccc(N2CCCC2=O)cc1)N(C)CCc1cccs1.I. The van der Waals surface area contributed by atoms with Crippen LogP contribution in [-0.4, -0.2) is 44.0 Å². The second-order valence-corrected chi connectivity index (χ2v) is 7.50. The van der Waals surface area contributed by atoms with E-state index in [-0.39, 0.29) is 29.9 Å². The lowest BCUT2D eigenvalue weighted by atomic mass is 10.2. The molecule has 1 fully saturated rings. The Morgan fingerprint density at radius 2 is 2.07 bits per heavy atom. The fourth-order valence-electron chi connectivity index (χ4n) is 3.12. The van der Waals surface area contributed by atoms with E-state index in [1.54, 1.807) is 11.3 Å². The summed E-state index contributed by atoms with van der Waals surface area (Å²) in [7, 11) is 3.87. The second kappa shape index (κ2) is 10.7. The number of halogens is 1. The number of hydrogen-bond donors (Lipinski definition) is 1. The topological polar surface area (TPSA) is 47.9 Å². The van der Waals surface area contributed by atoms with Crippen LogP contribution in [0.1, 0.15) is 23.3 Å². The molecule has 3 rings (SSSR count). The molecule has 1 aromatic heterocycles. The molecule has 0 spiro atoms. The number of carbonyl (C=O) groups excluding carboxylic acids is 1. The Labute approximate surface area is 182 Å². The molecular formula is C20H27IN4OS. The number of rotatable bonds is 6. The van der Waals surface area contributed by atoms with Crippen LogP contribution < -0.4 is 10.2 Å². The second-order valence-electron chi connectivity index (χ2n) is 6.47. The van der Waals surface area contributed by atoms with Crippen molar-refractivity contribution in [3.8, 4) is 0 Å². The van der Waals surface area contributed by atoms with Crippen LogP contribution in [0.2, 0.25) is 0 Å². The van der Waals surface area contributed by atoms with Gasteiger partial charge in [0.1, 0.15) is 0 Å². The van der Waals surface area contributed by atoms with Crippen molar-refractivity contribution in [2.45, 2.75) is 25.8 Å². The van der Waals surface area contributed by atoms with Gasteiger partial charge in [0.05, 0.1) is 0 Å². The first-order valence-corrected chi connectivity index (χ1v) is 9.89. The number of nitrogens with zero attached hydrogens (tertiary/aromatic N) is 3. The molecule has 1 saturated heterocycles.